The summed E-state index contributed by atoms with van der Waals surface area (Å²) in [5.41, 5.74) is 1.68. The Labute approximate surface area is 174 Å². The van der Waals surface area contributed by atoms with Gasteiger partial charge in [0.15, 0.2) is 0 Å². The van der Waals surface area contributed by atoms with Crippen LogP contribution in [0.2, 0.25) is 0 Å². The average Bonchev–Trinajstić information content (AvgIpc) is 2.73. The Bertz CT molecular complexity index is 882. The highest BCUT2D eigenvalue weighted by molar-refractivity contribution is 5.85. The van der Waals surface area contributed by atoms with E-state index in [9.17, 15) is 4.39 Å². The van der Waals surface area contributed by atoms with E-state index in [4.69, 9.17) is 0 Å². The number of aryl methyl sites for hydroxylation is 1. The van der Waals surface area contributed by atoms with E-state index in [2.05, 4.69) is 13.0 Å². The summed E-state index contributed by atoms with van der Waals surface area (Å²) in [5, 5.41) is 0.882. The molecule has 2 saturated carbocycles. The molecule has 4 unspecified atom stereocenters. The predicted molar refractivity (Wildman–Crippen MR) is 118 cm³/mol. The third kappa shape index (κ3) is 4.27. The Hall–Kier alpha value is -1.70. The maximum Gasteiger partial charge on any atom is 0.137 e. The molecule has 2 heteroatoms. The Morgan fingerprint density at radius 3 is 2.59 bits per heavy atom. The van der Waals surface area contributed by atoms with Crippen molar-refractivity contribution in [2.45, 2.75) is 77.6 Å². The van der Waals surface area contributed by atoms with E-state index in [1.807, 2.05) is 31.2 Å². The van der Waals surface area contributed by atoms with Crippen LogP contribution >= 0.6 is 0 Å². The quantitative estimate of drug-likeness (QED) is 0.446. The monoisotopic (exact) mass is 396 g/mol. The second kappa shape index (κ2) is 8.98. The molecule has 0 bridgehead atoms. The number of rotatable bonds is 5. The van der Waals surface area contributed by atoms with E-state index in [0.717, 1.165) is 54.6 Å². The molecule has 0 N–H and O–H groups in total. The zero-order chi connectivity index (χ0) is 20.4. The molecule has 4 rings (SSSR count). The van der Waals surface area contributed by atoms with Gasteiger partial charge in [-0.2, -0.15) is 0 Å². The van der Waals surface area contributed by atoms with Gasteiger partial charge in [-0.05, 0) is 98.1 Å². The molecule has 0 aliphatic heterocycles. The van der Waals surface area contributed by atoms with Crippen molar-refractivity contribution in [1.29, 1.82) is 0 Å². The largest absolute Gasteiger partial charge is 0.206 e. The van der Waals surface area contributed by atoms with Crippen LogP contribution in [0.1, 0.15) is 82.3 Å². The van der Waals surface area contributed by atoms with Gasteiger partial charge in [0.2, 0.25) is 0 Å². The molecule has 2 aliphatic carbocycles. The highest BCUT2D eigenvalue weighted by Crippen LogP contribution is 2.49. The topological polar surface area (TPSA) is 0 Å². The summed E-state index contributed by atoms with van der Waals surface area (Å²) in [5.74, 6) is 1.96. The molecule has 2 fully saturated rings. The van der Waals surface area contributed by atoms with Crippen LogP contribution in [0.5, 0.6) is 0 Å². The van der Waals surface area contributed by atoms with Crippen LogP contribution < -0.4 is 0 Å². The van der Waals surface area contributed by atoms with Crippen LogP contribution in [-0.4, -0.2) is 0 Å². The van der Waals surface area contributed by atoms with Gasteiger partial charge in [-0.25, -0.2) is 8.78 Å². The molecule has 0 heterocycles. The van der Waals surface area contributed by atoms with Crippen molar-refractivity contribution in [2.24, 2.45) is 17.8 Å². The second-order valence-electron chi connectivity index (χ2n) is 9.37. The van der Waals surface area contributed by atoms with Crippen molar-refractivity contribution in [1.82, 2.24) is 0 Å². The van der Waals surface area contributed by atoms with E-state index >= 15 is 4.39 Å². The molecule has 0 radical (unpaired) electrons. The Balaban J connectivity index is 1.56. The van der Waals surface area contributed by atoms with E-state index in [1.54, 1.807) is 0 Å². The molecule has 0 amide bonds. The molecule has 0 spiro atoms. The molecule has 0 saturated heterocycles. The third-order valence-electron chi connectivity index (χ3n) is 7.67. The van der Waals surface area contributed by atoms with Gasteiger partial charge in [-0.3, -0.25) is 0 Å². The SMILES string of the molecule is C/C=C/CCc1cc(F)c2c(F)c(C3CCC4CC(CC)CCC4C3)ccc2c1. The smallest absolute Gasteiger partial charge is 0.137 e. The van der Waals surface area contributed by atoms with Crippen LogP contribution in [0, 0.1) is 29.4 Å². The summed E-state index contributed by atoms with van der Waals surface area (Å²) in [4.78, 5) is 0. The summed E-state index contributed by atoms with van der Waals surface area (Å²) in [6.07, 6.45) is 14.3. The van der Waals surface area contributed by atoms with Gasteiger partial charge in [0, 0.05) is 0 Å². The Morgan fingerprint density at radius 1 is 1.00 bits per heavy atom. The minimum absolute atomic E-state index is 0.189. The lowest BCUT2D eigenvalue weighted by Crippen LogP contribution is -2.30. The third-order valence-corrected chi connectivity index (χ3v) is 7.67. The van der Waals surface area contributed by atoms with Gasteiger partial charge in [-0.15, -0.1) is 0 Å². The van der Waals surface area contributed by atoms with Gasteiger partial charge >= 0.3 is 0 Å². The first-order valence-corrected chi connectivity index (χ1v) is 11.6. The number of hydrogen-bond donors (Lipinski definition) is 0. The van der Waals surface area contributed by atoms with Crippen molar-refractivity contribution >= 4 is 10.8 Å². The van der Waals surface area contributed by atoms with Crippen molar-refractivity contribution in [2.75, 3.05) is 0 Å². The lowest BCUT2D eigenvalue weighted by molar-refractivity contribution is 0.116. The van der Waals surface area contributed by atoms with E-state index in [0.29, 0.717) is 5.39 Å². The van der Waals surface area contributed by atoms with Crippen LogP contribution in [-0.2, 0) is 6.42 Å². The predicted octanol–water partition coefficient (Wildman–Crippen LogP) is 8.34. The fraction of sp³-hybridized carbons (Fsp3) is 0.556. The molecule has 0 aromatic heterocycles. The van der Waals surface area contributed by atoms with Gasteiger partial charge in [0.1, 0.15) is 11.6 Å². The number of fused-ring (bicyclic) bond motifs is 2. The van der Waals surface area contributed by atoms with Crippen molar-refractivity contribution in [3.8, 4) is 0 Å². The molecular weight excluding hydrogens is 362 g/mol. The number of allylic oxidation sites excluding steroid dienone is 2. The average molecular weight is 397 g/mol. The standard InChI is InChI=1S/C27H34F2/c1-3-5-6-7-19-15-23-12-13-24(27(29)26(23)25(28)16-19)22-11-10-20-14-18(4-2)8-9-21(20)17-22/h3,5,12-13,15-16,18,20-22H,4,6-11,14,17H2,1-2H3/b5-3+. The van der Waals surface area contributed by atoms with E-state index in [1.165, 1.54) is 38.2 Å². The van der Waals surface area contributed by atoms with Gasteiger partial charge in [0.05, 0.1) is 5.39 Å². The summed E-state index contributed by atoms with van der Waals surface area (Å²) in [6.45, 7) is 4.29. The summed E-state index contributed by atoms with van der Waals surface area (Å²) in [6, 6.07) is 7.37. The maximum atomic E-state index is 15.4. The number of hydrogen-bond acceptors (Lipinski definition) is 0. The van der Waals surface area contributed by atoms with Crippen LogP contribution in [0.4, 0.5) is 8.78 Å². The van der Waals surface area contributed by atoms with Crippen molar-refractivity contribution < 1.29 is 8.78 Å². The molecule has 2 aliphatic rings. The minimum atomic E-state index is -0.408. The van der Waals surface area contributed by atoms with E-state index in [-0.39, 0.29) is 17.1 Å². The van der Waals surface area contributed by atoms with E-state index < -0.39 is 5.82 Å². The first-order chi connectivity index (χ1) is 14.1. The first-order valence-electron chi connectivity index (χ1n) is 11.6. The van der Waals surface area contributed by atoms with Crippen LogP contribution in [0.25, 0.3) is 10.8 Å². The molecule has 156 valence electrons. The lowest BCUT2D eigenvalue weighted by Gasteiger charge is -2.42. The highest BCUT2D eigenvalue weighted by Gasteiger charge is 2.36. The zero-order valence-electron chi connectivity index (χ0n) is 17.9. The maximum absolute atomic E-state index is 15.4. The first kappa shape index (κ1) is 20.6. The molecule has 2 aromatic carbocycles. The molecule has 4 atom stereocenters. The summed E-state index contributed by atoms with van der Waals surface area (Å²) in [7, 11) is 0. The zero-order valence-corrected chi connectivity index (χ0v) is 17.9. The Morgan fingerprint density at radius 2 is 1.79 bits per heavy atom. The molecule has 0 nitrogen and oxygen atoms in total. The normalized spacial score (nSPS) is 27.4. The van der Waals surface area contributed by atoms with Crippen molar-refractivity contribution in [3.05, 3.63) is 59.2 Å². The summed E-state index contributed by atoms with van der Waals surface area (Å²) >= 11 is 0. The fourth-order valence-electron chi connectivity index (χ4n) is 5.96. The second-order valence-corrected chi connectivity index (χ2v) is 9.37. The van der Waals surface area contributed by atoms with Crippen molar-refractivity contribution in [3.63, 3.8) is 0 Å². The minimum Gasteiger partial charge on any atom is -0.206 e. The van der Waals surface area contributed by atoms with Gasteiger partial charge in [0.25, 0.3) is 0 Å². The lowest BCUT2D eigenvalue weighted by atomic mass is 9.63. The molecule has 2 aromatic rings. The fourth-order valence-corrected chi connectivity index (χ4v) is 5.96. The van der Waals surface area contributed by atoms with Crippen LogP contribution in [0.15, 0.2) is 36.4 Å². The number of halogens is 2. The van der Waals surface area contributed by atoms with Crippen LogP contribution in [0.3, 0.4) is 0 Å². The summed E-state index contributed by atoms with van der Waals surface area (Å²) < 4.78 is 30.3. The van der Waals surface area contributed by atoms with Gasteiger partial charge in [-0.1, -0.05) is 50.1 Å². The van der Waals surface area contributed by atoms with Gasteiger partial charge < -0.3 is 0 Å². The molecule has 29 heavy (non-hydrogen) atoms. The highest BCUT2D eigenvalue weighted by atomic mass is 19.1. The Kier molecular flexibility index (Phi) is 6.37. The number of benzene rings is 2. The molecular formula is C27H34F2.